The summed E-state index contributed by atoms with van der Waals surface area (Å²) < 4.78 is 28.3. The highest BCUT2D eigenvalue weighted by molar-refractivity contribution is 7.91. The summed E-state index contributed by atoms with van der Waals surface area (Å²) in [6.45, 7) is 5.49. The fraction of sp³-hybridized carbons (Fsp3) is 0.292. The molecule has 0 N–H and O–H groups in total. The molecule has 5 nitrogen and oxygen atoms in total. The van der Waals surface area contributed by atoms with E-state index in [1.807, 2.05) is 31.2 Å². The molecule has 1 saturated heterocycles. The summed E-state index contributed by atoms with van der Waals surface area (Å²) in [6.07, 6.45) is 0.715. The van der Waals surface area contributed by atoms with Crippen LogP contribution in [-0.2, 0) is 16.6 Å². The van der Waals surface area contributed by atoms with Gasteiger partial charge in [0.05, 0.1) is 10.6 Å². The Labute approximate surface area is 198 Å². The van der Waals surface area contributed by atoms with Crippen LogP contribution in [0.25, 0.3) is 0 Å². The van der Waals surface area contributed by atoms with Gasteiger partial charge in [-0.15, -0.1) is 11.3 Å². The lowest BCUT2D eigenvalue weighted by molar-refractivity contribution is 0.470. The van der Waals surface area contributed by atoms with Gasteiger partial charge in [-0.05, 0) is 61.7 Å². The van der Waals surface area contributed by atoms with Crippen molar-refractivity contribution in [3.05, 3.63) is 81.2 Å². The molecule has 1 aromatic heterocycles. The van der Waals surface area contributed by atoms with E-state index in [4.69, 9.17) is 11.6 Å². The number of aryl methyl sites for hydroxylation is 2. The van der Waals surface area contributed by atoms with E-state index >= 15 is 0 Å². The molecule has 0 amide bonds. The Balaban J connectivity index is 1.65. The topological polar surface area (TPSA) is 64.4 Å². The Morgan fingerprint density at radius 2 is 1.97 bits per heavy atom. The molecule has 2 heterocycles. The van der Waals surface area contributed by atoms with Crippen molar-refractivity contribution in [3.8, 4) is 6.07 Å². The molecule has 32 heavy (non-hydrogen) atoms. The zero-order valence-electron chi connectivity index (χ0n) is 18.0. The molecule has 1 fully saturated rings. The van der Waals surface area contributed by atoms with Crippen LogP contribution in [0.2, 0.25) is 5.02 Å². The van der Waals surface area contributed by atoms with Crippen molar-refractivity contribution in [2.45, 2.75) is 37.1 Å². The number of benzene rings is 2. The smallest absolute Gasteiger partial charge is 0.252 e. The Hall–Kier alpha value is -2.37. The number of thiophene rings is 1. The molecule has 0 unspecified atom stereocenters. The van der Waals surface area contributed by atoms with E-state index in [2.05, 4.69) is 30.0 Å². The number of rotatable bonds is 6. The molecular formula is C24H24ClN3O2S2. The minimum atomic E-state index is -3.51. The van der Waals surface area contributed by atoms with Crippen molar-refractivity contribution in [2.75, 3.05) is 18.0 Å². The molecule has 0 aliphatic carbocycles. The highest BCUT2D eigenvalue weighted by atomic mass is 35.5. The second-order valence-electron chi connectivity index (χ2n) is 8.00. The molecule has 8 heteroatoms. The van der Waals surface area contributed by atoms with Crippen LogP contribution in [-0.4, -0.2) is 31.9 Å². The van der Waals surface area contributed by atoms with Crippen molar-refractivity contribution in [1.29, 1.82) is 5.26 Å². The number of nitrogens with zero attached hydrogens (tertiary/aromatic N) is 3. The molecular weight excluding hydrogens is 462 g/mol. The Morgan fingerprint density at radius 3 is 2.62 bits per heavy atom. The molecule has 1 atom stereocenters. The first-order valence-electron chi connectivity index (χ1n) is 10.4. The Bertz CT molecular complexity index is 1280. The lowest BCUT2D eigenvalue weighted by atomic mass is 10.1. The third-order valence-electron chi connectivity index (χ3n) is 5.88. The maximum Gasteiger partial charge on any atom is 0.252 e. The molecule has 0 bridgehead atoms. The molecule has 0 spiro atoms. The van der Waals surface area contributed by atoms with Crippen LogP contribution in [0, 0.1) is 25.2 Å². The second-order valence-corrected chi connectivity index (χ2v) is 11.9. The van der Waals surface area contributed by atoms with Crippen molar-refractivity contribution in [2.24, 2.45) is 0 Å². The average molecular weight is 486 g/mol. The maximum atomic E-state index is 13.2. The van der Waals surface area contributed by atoms with Gasteiger partial charge in [-0.25, -0.2) is 8.42 Å². The van der Waals surface area contributed by atoms with Crippen LogP contribution >= 0.6 is 22.9 Å². The summed E-state index contributed by atoms with van der Waals surface area (Å²) in [5, 5.41) is 9.64. The summed E-state index contributed by atoms with van der Waals surface area (Å²) in [4.78, 5) is 3.19. The van der Waals surface area contributed by atoms with E-state index in [0.717, 1.165) is 10.6 Å². The normalized spacial score (nSPS) is 16.8. The minimum absolute atomic E-state index is 0.00515. The van der Waals surface area contributed by atoms with Gasteiger partial charge in [0.1, 0.15) is 10.3 Å². The van der Waals surface area contributed by atoms with E-state index in [9.17, 15) is 13.7 Å². The summed E-state index contributed by atoms with van der Waals surface area (Å²) in [5.41, 5.74) is 3.65. The zero-order valence-corrected chi connectivity index (χ0v) is 20.3. The van der Waals surface area contributed by atoms with Crippen molar-refractivity contribution in [1.82, 2.24) is 4.31 Å². The molecule has 1 aliphatic heterocycles. The first kappa shape index (κ1) is 22.8. The fourth-order valence-corrected chi connectivity index (χ4v) is 7.18. The minimum Gasteiger partial charge on any atom is -0.363 e. The number of halogens is 1. The molecule has 4 rings (SSSR count). The van der Waals surface area contributed by atoms with E-state index in [1.165, 1.54) is 22.5 Å². The second kappa shape index (κ2) is 9.24. The van der Waals surface area contributed by atoms with Gasteiger partial charge in [-0.2, -0.15) is 9.57 Å². The predicted octanol–water partition coefficient (Wildman–Crippen LogP) is 5.36. The van der Waals surface area contributed by atoms with Crippen LogP contribution in [0.4, 0.5) is 5.69 Å². The largest absolute Gasteiger partial charge is 0.363 e. The predicted molar refractivity (Wildman–Crippen MR) is 130 cm³/mol. The van der Waals surface area contributed by atoms with Gasteiger partial charge in [0.25, 0.3) is 10.0 Å². The average Bonchev–Trinajstić information content (AvgIpc) is 3.43. The first-order valence-corrected chi connectivity index (χ1v) is 13.0. The van der Waals surface area contributed by atoms with Crippen LogP contribution in [0.5, 0.6) is 0 Å². The van der Waals surface area contributed by atoms with Crippen molar-refractivity contribution >= 4 is 38.6 Å². The highest BCUT2D eigenvalue weighted by Gasteiger charge is 2.36. The molecule has 0 saturated carbocycles. The third-order valence-corrected chi connectivity index (χ3v) is 9.53. The highest BCUT2D eigenvalue weighted by Crippen LogP contribution is 2.32. The zero-order chi connectivity index (χ0) is 22.9. The lowest BCUT2D eigenvalue weighted by Gasteiger charge is -2.32. The molecule has 1 aliphatic rings. The maximum absolute atomic E-state index is 13.2. The monoisotopic (exact) mass is 485 g/mol. The van der Waals surface area contributed by atoms with E-state index in [1.54, 1.807) is 22.5 Å². The number of sulfonamides is 1. The lowest BCUT2D eigenvalue weighted by Crippen LogP contribution is -2.38. The molecule has 166 valence electrons. The molecule has 2 aromatic carbocycles. The Kier molecular flexibility index (Phi) is 6.59. The van der Waals surface area contributed by atoms with Gasteiger partial charge in [0, 0.05) is 36.2 Å². The van der Waals surface area contributed by atoms with Crippen molar-refractivity contribution < 1.29 is 8.42 Å². The van der Waals surface area contributed by atoms with Gasteiger partial charge < -0.3 is 4.90 Å². The van der Waals surface area contributed by atoms with Crippen LogP contribution in [0.15, 0.2) is 58.8 Å². The van der Waals surface area contributed by atoms with E-state index in [-0.39, 0.29) is 6.04 Å². The van der Waals surface area contributed by atoms with Gasteiger partial charge >= 0.3 is 0 Å². The van der Waals surface area contributed by atoms with Gasteiger partial charge in [-0.3, -0.25) is 0 Å². The van der Waals surface area contributed by atoms with Gasteiger partial charge in [-0.1, -0.05) is 35.9 Å². The van der Waals surface area contributed by atoms with Gasteiger partial charge in [0.15, 0.2) is 0 Å². The van der Waals surface area contributed by atoms with E-state index in [0.29, 0.717) is 40.9 Å². The molecule has 0 radical (unpaired) electrons. The van der Waals surface area contributed by atoms with E-state index < -0.39 is 10.0 Å². The van der Waals surface area contributed by atoms with Crippen molar-refractivity contribution in [3.63, 3.8) is 0 Å². The number of nitriles is 1. The van der Waals surface area contributed by atoms with Crippen LogP contribution < -0.4 is 4.90 Å². The summed E-state index contributed by atoms with van der Waals surface area (Å²) in [7, 11) is -3.51. The number of anilines is 1. The summed E-state index contributed by atoms with van der Waals surface area (Å²) in [5.74, 6) is 0. The number of hydrogen-bond acceptors (Lipinski definition) is 5. The Morgan fingerprint density at radius 1 is 1.19 bits per heavy atom. The SMILES string of the molecule is Cc1ccc(S(=O)(=O)N2CC[C@H](N(Cc3ccccc3C)c3ccc(C#N)c(Cl)c3)C2)s1. The van der Waals surface area contributed by atoms with Crippen LogP contribution in [0.3, 0.4) is 0 Å². The summed E-state index contributed by atoms with van der Waals surface area (Å²) >= 11 is 7.65. The molecule has 3 aromatic rings. The first-order chi connectivity index (χ1) is 15.3. The quantitative estimate of drug-likeness (QED) is 0.471. The third kappa shape index (κ3) is 4.55. The standard InChI is InChI=1S/C24H24ClN3O2S2/c1-17-5-3-4-6-20(17)15-28(21-9-8-19(14-26)23(25)13-21)22-11-12-27(16-22)32(29,30)24-10-7-18(2)31-24/h3-10,13,22H,11-12,15-16H2,1-2H3/t22-/m0/s1. The van der Waals surface area contributed by atoms with Gasteiger partial charge in [0.2, 0.25) is 0 Å². The fourth-order valence-electron chi connectivity index (χ4n) is 4.04. The number of hydrogen-bond donors (Lipinski definition) is 0. The van der Waals surface area contributed by atoms with Crippen LogP contribution in [0.1, 0.15) is 28.0 Å². The summed E-state index contributed by atoms with van der Waals surface area (Å²) in [6, 6.07) is 19.2.